The molecule has 0 aliphatic carbocycles. The highest BCUT2D eigenvalue weighted by Gasteiger charge is 2.19. The van der Waals surface area contributed by atoms with E-state index in [0.29, 0.717) is 17.7 Å². The molecule has 24 heavy (non-hydrogen) atoms. The Morgan fingerprint density at radius 2 is 1.71 bits per heavy atom. The molecule has 0 amide bonds. The Morgan fingerprint density at radius 3 is 2.25 bits per heavy atom. The van der Waals surface area contributed by atoms with Crippen molar-refractivity contribution in [3.8, 4) is 23.3 Å². The minimum absolute atomic E-state index is 0.612. The summed E-state index contributed by atoms with van der Waals surface area (Å²) in [5, 5.41) is 22.8. The summed E-state index contributed by atoms with van der Waals surface area (Å²) in [5.74, 6) is 0. The third kappa shape index (κ3) is 2.47. The molecule has 0 aliphatic heterocycles. The smallest absolute Gasteiger partial charge is 0.102 e. The van der Waals surface area contributed by atoms with Crippen LogP contribution in [0.3, 0.4) is 0 Å². The molecule has 5 heteroatoms. The van der Waals surface area contributed by atoms with E-state index < -0.39 is 0 Å². The van der Waals surface area contributed by atoms with Gasteiger partial charge in [0, 0.05) is 30.2 Å². The van der Waals surface area contributed by atoms with Crippen LogP contribution in [0.2, 0.25) is 0 Å². The van der Waals surface area contributed by atoms with E-state index in [9.17, 15) is 5.26 Å². The van der Waals surface area contributed by atoms with Gasteiger partial charge >= 0.3 is 0 Å². The average molecular weight is 315 g/mol. The maximum absolute atomic E-state index is 9.65. The van der Waals surface area contributed by atoms with Crippen LogP contribution in [-0.4, -0.2) is 14.3 Å². The van der Waals surface area contributed by atoms with Crippen molar-refractivity contribution in [1.29, 1.82) is 10.5 Å². The van der Waals surface area contributed by atoms with E-state index in [4.69, 9.17) is 5.26 Å². The molecule has 1 aromatic carbocycles. The number of hydrogen-bond donors (Lipinski definition) is 0. The van der Waals surface area contributed by atoms with E-state index in [-0.39, 0.29) is 0 Å². The first-order valence-electron chi connectivity index (χ1n) is 7.64. The second kappa shape index (κ2) is 6.06. The quantitative estimate of drug-likeness (QED) is 0.744. The van der Waals surface area contributed by atoms with Crippen molar-refractivity contribution in [2.24, 2.45) is 7.05 Å². The zero-order valence-corrected chi connectivity index (χ0v) is 13.9. The molecule has 0 bridgehead atoms. The van der Waals surface area contributed by atoms with Crippen LogP contribution in [0.15, 0.2) is 36.5 Å². The van der Waals surface area contributed by atoms with Crippen molar-refractivity contribution in [2.45, 2.75) is 20.4 Å². The molecule has 118 valence electrons. The van der Waals surface area contributed by atoms with E-state index in [0.717, 1.165) is 28.2 Å². The highest BCUT2D eigenvalue weighted by molar-refractivity contribution is 5.75. The Bertz CT molecular complexity index is 975. The Kier molecular flexibility index (Phi) is 3.93. The van der Waals surface area contributed by atoms with Gasteiger partial charge in [-0.2, -0.15) is 15.6 Å². The predicted octanol–water partition coefficient (Wildman–Crippen LogP) is 3.30. The van der Waals surface area contributed by atoms with E-state index in [1.807, 2.05) is 43.8 Å². The topological polar surface area (TPSA) is 70.3 Å². The summed E-state index contributed by atoms with van der Waals surface area (Å²) in [7, 11) is 1.91. The zero-order valence-electron chi connectivity index (χ0n) is 13.9. The Balaban J connectivity index is 2.13. The van der Waals surface area contributed by atoms with Gasteiger partial charge in [-0.25, -0.2) is 0 Å². The lowest BCUT2D eigenvalue weighted by molar-refractivity contribution is 0.651. The van der Waals surface area contributed by atoms with Crippen molar-refractivity contribution < 1.29 is 0 Å². The molecule has 0 saturated carbocycles. The molecule has 0 unspecified atom stereocenters. The van der Waals surface area contributed by atoms with Crippen molar-refractivity contribution >= 4 is 0 Å². The van der Waals surface area contributed by atoms with Gasteiger partial charge in [-0.1, -0.05) is 12.1 Å². The number of benzene rings is 1. The van der Waals surface area contributed by atoms with Gasteiger partial charge in [0.15, 0.2) is 0 Å². The van der Waals surface area contributed by atoms with Crippen LogP contribution in [0.1, 0.15) is 28.2 Å². The van der Waals surface area contributed by atoms with Gasteiger partial charge in [0.05, 0.1) is 29.4 Å². The van der Waals surface area contributed by atoms with Crippen LogP contribution in [0, 0.1) is 36.5 Å². The lowest BCUT2D eigenvalue weighted by atomic mass is 10.0. The molecular formula is C19H17N5. The summed E-state index contributed by atoms with van der Waals surface area (Å²) in [6, 6.07) is 13.8. The van der Waals surface area contributed by atoms with Gasteiger partial charge < -0.3 is 4.57 Å². The van der Waals surface area contributed by atoms with Crippen LogP contribution in [-0.2, 0) is 13.6 Å². The van der Waals surface area contributed by atoms with Crippen LogP contribution in [0.5, 0.6) is 0 Å². The molecular weight excluding hydrogens is 298 g/mol. The van der Waals surface area contributed by atoms with Gasteiger partial charge in [0.2, 0.25) is 0 Å². The van der Waals surface area contributed by atoms with Crippen molar-refractivity contribution in [3.05, 3.63) is 64.7 Å². The molecule has 2 aromatic heterocycles. The van der Waals surface area contributed by atoms with Crippen LogP contribution >= 0.6 is 0 Å². The molecule has 0 fully saturated rings. The first kappa shape index (κ1) is 15.6. The standard InChI is InChI=1S/C19H17N5/c1-13-18(11-21)19(16-6-4-15(10-20)5-7-16)14(2)24(13)12-17-8-9-22-23(17)3/h4-9H,12H2,1-3H3. The Labute approximate surface area is 141 Å². The van der Waals surface area contributed by atoms with Gasteiger partial charge in [0.25, 0.3) is 0 Å². The molecule has 5 nitrogen and oxygen atoms in total. The molecule has 0 saturated heterocycles. The fraction of sp³-hybridized carbons (Fsp3) is 0.211. The lowest BCUT2D eigenvalue weighted by Crippen LogP contribution is -2.08. The number of aromatic nitrogens is 3. The molecule has 2 heterocycles. The summed E-state index contributed by atoms with van der Waals surface area (Å²) >= 11 is 0. The monoisotopic (exact) mass is 315 g/mol. The fourth-order valence-electron chi connectivity index (χ4n) is 3.04. The second-order valence-electron chi connectivity index (χ2n) is 5.75. The Morgan fingerprint density at radius 1 is 1.00 bits per heavy atom. The number of aryl methyl sites for hydroxylation is 1. The summed E-state index contributed by atoms with van der Waals surface area (Å²) < 4.78 is 3.98. The molecule has 3 rings (SSSR count). The van der Waals surface area contributed by atoms with Crippen LogP contribution < -0.4 is 0 Å². The number of rotatable bonds is 3. The summed E-state index contributed by atoms with van der Waals surface area (Å²) in [6.07, 6.45) is 1.77. The van der Waals surface area contributed by atoms with Crippen molar-refractivity contribution in [2.75, 3.05) is 0 Å². The largest absolute Gasteiger partial charge is 0.341 e. The molecule has 0 N–H and O–H groups in total. The first-order chi connectivity index (χ1) is 11.6. The average Bonchev–Trinajstić information content (AvgIpc) is 3.10. The van der Waals surface area contributed by atoms with E-state index >= 15 is 0 Å². The van der Waals surface area contributed by atoms with E-state index in [2.05, 4.69) is 21.8 Å². The summed E-state index contributed by atoms with van der Waals surface area (Å²) in [4.78, 5) is 0. The van der Waals surface area contributed by atoms with Crippen LogP contribution in [0.4, 0.5) is 0 Å². The van der Waals surface area contributed by atoms with Gasteiger partial charge in [-0.15, -0.1) is 0 Å². The van der Waals surface area contributed by atoms with E-state index in [1.54, 1.807) is 18.3 Å². The first-order valence-corrected chi connectivity index (χ1v) is 7.64. The number of nitrogens with zero attached hydrogens (tertiary/aromatic N) is 5. The van der Waals surface area contributed by atoms with E-state index in [1.165, 1.54) is 0 Å². The Hall–Kier alpha value is -3.31. The molecule has 0 atom stereocenters. The third-order valence-corrected chi connectivity index (χ3v) is 4.44. The SMILES string of the molecule is Cc1c(C#N)c(-c2ccc(C#N)cc2)c(C)n1Cc1ccnn1C. The number of nitriles is 2. The highest BCUT2D eigenvalue weighted by atomic mass is 15.3. The normalized spacial score (nSPS) is 10.4. The van der Waals surface area contributed by atoms with Crippen molar-refractivity contribution in [3.63, 3.8) is 0 Å². The third-order valence-electron chi connectivity index (χ3n) is 4.44. The maximum Gasteiger partial charge on any atom is 0.102 e. The number of hydrogen-bond acceptors (Lipinski definition) is 3. The van der Waals surface area contributed by atoms with Gasteiger partial charge in [-0.3, -0.25) is 4.68 Å². The molecule has 0 radical (unpaired) electrons. The minimum atomic E-state index is 0.612. The zero-order chi connectivity index (χ0) is 17.3. The fourth-order valence-corrected chi connectivity index (χ4v) is 3.04. The summed E-state index contributed by atoms with van der Waals surface area (Å²) in [5.41, 5.74) is 6.23. The minimum Gasteiger partial charge on any atom is -0.341 e. The van der Waals surface area contributed by atoms with Crippen molar-refractivity contribution in [1.82, 2.24) is 14.3 Å². The molecule has 0 spiro atoms. The van der Waals surface area contributed by atoms with Gasteiger partial charge in [-0.05, 0) is 37.6 Å². The molecule has 0 aliphatic rings. The lowest BCUT2D eigenvalue weighted by Gasteiger charge is -2.10. The second-order valence-corrected chi connectivity index (χ2v) is 5.75. The van der Waals surface area contributed by atoms with Gasteiger partial charge in [0.1, 0.15) is 6.07 Å². The van der Waals surface area contributed by atoms with Crippen LogP contribution in [0.25, 0.3) is 11.1 Å². The summed E-state index contributed by atoms with van der Waals surface area (Å²) in [6.45, 7) is 4.66. The molecule has 3 aromatic rings. The maximum atomic E-state index is 9.65. The predicted molar refractivity (Wildman–Crippen MR) is 91.1 cm³/mol. The highest BCUT2D eigenvalue weighted by Crippen LogP contribution is 2.32.